The molecule has 0 bridgehead atoms. The van der Waals surface area contributed by atoms with Crippen LogP contribution in [0.1, 0.15) is 44.9 Å². The van der Waals surface area contributed by atoms with E-state index in [9.17, 15) is 0 Å². The summed E-state index contributed by atoms with van der Waals surface area (Å²) in [6, 6.07) is 21.9. The number of rotatable bonds is 3. The quantitative estimate of drug-likeness (QED) is 0.335. The SMILES string of the molecule is Cc1ccc(C2=Cc3c(cc(C)c(C)c3-c3cc(C)c(-c4ccccc4)c(C)c3)C2)o1. The number of hydrogen-bond donors (Lipinski definition) is 0. The van der Waals surface area contributed by atoms with Gasteiger partial charge >= 0.3 is 0 Å². The molecular formula is C30H28O. The Morgan fingerprint density at radius 3 is 2.03 bits per heavy atom. The van der Waals surface area contributed by atoms with Crippen LogP contribution >= 0.6 is 0 Å². The topological polar surface area (TPSA) is 13.1 Å². The molecule has 0 saturated heterocycles. The van der Waals surface area contributed by atoms with E-state index in [0.29, 0.717) is 0 Å². The van der Waals surface area contributed by atoms with Crippen molar-refractivity contribution < 1.29 is 4.42 Å². The molecule has 0 saturated carbocycles. The molecule has 0 unspecified atom stereocenters. The Morgan fingerprint density at radius 1 is 0.677 bits per heavy atom. The van der Waals surface area contributed by atoms with Crippen molar-refractivity contribution in [2.45, 2.75) is 41.0 Å². The fraction of sp³-hybridized carbons (Fsp3) is 0.200. The summed E-state index contributed by atoms with van der Waals surface area (Å²) in [4.78, 5) is 0. The van der Waals surface area contributed by atoms with Crippen LogP contribution in [-0.2, 0) is 6.42 Å². The van der Waals surface area contributed by atoms with Crippen molar-refractivity contribution in [3.63, 3.8) is 0 Å². The van der Waals surface area contributed by atoms with Crippen LogP contribution in [0, 0.1) is 34.6 Å². The van der Waals surface area contributed by atoms with E-state index in [2.05, 4.69) is 88.4 Å². The lowest BCUT2D eigenvalue weighted by Gasteiger charge is -2.18. The van der Waals surface area contributed by atoms with Gasteiger partial charge in [0.25, 0.3) is 0 Å². The molecule has 3 aromatic carbocycles. The number of allylic oxidation sites excluding steroid dienone is 1. The van der Waals surface area contributed by atoms with Crippen molar-refractivity contribution in [2.75, 3.05) is 0 Å². The van der Waals surface area contributed by atoms with E-state index in [1.165, 1.54) is 61.2 Å². The second-order valence-corrected chi connectivity index (χ2v) is 8.87. The zero-order valence-electron chi connectivity index (χ0n) is 19.0. The van der Waals surface area contributed by atoms with Crippen molar-refractivity contribution in [1.82, 2.24) is 0 Å². The average molecular weight is 405 g/mol. The predicted octanol–water partition coefficient (Wildman–Crippen LogP) is 8.25. The van der Waals surface area contributed by atoms with Crippen LogP contribution in [0.3, 0.4) is 0 Å². The Hall–Kier alpha value is -3.32. The largest absolute Gasteiger partial charge is 0.462 e. The number of aryl methyl sites for hydroxylation is 4. The minimum atomic E-state index is 0.927. The van der Waals surface area contributed by atoms with Crippen molar-refractivity contribution in [2.24, 2.45) is 0 Å². The monoisotopic (exact) mass is 404 g/mol. The lowest BCUT2D eigenvalue weighted by Crippen LogP contribution is -1.97. The lowest BCUT2D eigenvalue weighted by molar-refractivity contribution is 0.521. The molecule has 0 radical (unpaired) electrons. The van der Waals surface area contributed by atoms with E-state index in [-0.39, 0.29) is 0 Å². The van der Waals surface area contributed by atoms with E-state index in [4.69, 9.17) is 4.42 Å². The molecule has 31 heavy (non-hydrogen) atoms. The summed E-state index contributed by atoms with van der Waals surface area (Å²) < 4.78 is 5.94. The van der Waals surface area contributed by atoms with Crippen LogP contribution in [0.2, 0.25) is 0 Å². The van der Waals surface area contributed by atoms with Crippen molar-refractivity contribution in [1.29, 1.82) is 0 Å². The van der Waals surface area contributed by atoms with Crippen molar-refractivity contribution in [3.05, 3.63) is 106 Å². The van der Waals surface area contributed by atoms with Gasteiger partial charge in [-0.25, -0.2) is 0 Å². The summed E-state index contributed by atoms with van der Waals surface area (Å²) in [6.45, 7) is 11.0. The highest BCUT2D eigenvalue weighted by Crippen LogP contribution is 2.42. The molecule has 4 aromatic rings. The van der Waals surface area contributed by atoms with Gasteiger partial charge in [-0.1, -0.05) is 48.5 Å². The minimum Gasteiger partial charge on any atom is -0.462 e. The zero-order valence-corrected chi connectivity index (χ0v) is 19.0. The first-order valence-corrected chi connectivity index (χ1v) is 11.0. The molecule has 1 heterocycles. The Balaban J connectivity index is 1.68. The first-order valence-electron chi connectivity index (χ1n) is 11.0. The van der Waals surface area contributed by atoms with E-state index >= 15 is 0 Å². The Labute approximate surface area is 185 Å². The minimum absolute atomic E-state index is 0.927. The van der Waals surface area contributed by atoms with Gasteiger partial charge < -0.3 is 4.42 Å². The highest BCUT2D eigenvalue weighted by molar-refractivity contribution is 5.95. The van der Waals surface area contributed by atoms with Gasteiger partial charge in [0.2, 0.25) is 0 Å². The highest BCUT2D eigenvalue weighted by atomic mass is 16.3. The van der Waals surface area contributed by atoms with Gasteiger partial charge in [-0.15, -0.1) is 0 Å². The number of benzene rings is 3. The predicted molar refractivity (Wildman–Crippen MR) is 131 cm³/mol. The summed E-state index contributed by atoms with van der Waals surface area (Å²) in [7, 11) is 0. The van der Waals surface area contributed by atoms with Crippen LogP contribution < -0.4 is 0 Å². The smallest absolute Gasteiger partial charge is 0.130 e. The summed E-state index contributed by atoms with van der Waals surface area (Å²) in [5, 5.41) is 0. The maximum atomic E-state index is 5.94. The molecule has 5 rings (SSSR count). The first-order chi connectivity index (χ1) is 14.9. The maximum absolute atomic E-state index is 5.94. The zero-order chi connectivity index (χ0) is 21.7. The third kappa shape index (κ3) is 3.35. The van der Waals surface area contributed by atoms with Crippen molar-refractivity contribution in [3.8, 4) is 22.3 Å². The first kappa shape index (κ1) is 19.6. The number of hydrogen-bond acceptors (Lipinski definition) is 1. The molecule has 1 aromatic heterocycles. The van der Waals surface area contributed by atoms with E-state index < -0.39 is 0 Å². The highest BCUT2D eigenvalue weighted by Gasteiger charge is 2.23. The summed E-state index contributed by atoms with van der Waals surface area (Å²) >= 11 is 0. The molecule has 0 aliphatic heterocycles. The van der Waals surface area contributed by atoms with Crippen LogP contribution in [0.5, 0.6) is 0 Å². The lowest BCUT2D eigenvalue weighted by atomic mass is 9.86. The average Bonchev–Trinajstić information content (AvgIpc) is 3.35. The summed E-state index contributed by atoms with van der Waals surface area (Å²) in [5.74, 6) is 1.95. The fourth-order valence-corrected chi connectivity index (χ4v) is 5.05. The van der Waals surface area contributed by atoms with Crippen LogP contribution in [0.25, 0.3) is 33.9 Å². The van der Waals surface area contributed by atoms with Gasteiger partial charge in [0, 0.05) is 6.42 Å². The van der Waals surface area contributed by atoms with Gasteiger partial charge in [-0.3, -0.25) is 0 Å². The van der Waals surface area contributed by atoms with Gasteiger partial charge in [0.05, 0.1) is 0 Å². The normalized spacial score (nSPS) is 12.7. The Morgan fingerprint density at radius 2 is 1.39 bits per heavy atom. The maximum Gasteiger partial charge on any atom is 0.130 e. The second-order valence-electron chi connectivity index (χ2n) is 8.87. The third-order valence-electron chi connectivity index (χ3n) is 6.61. The van der Waals surface area contributed by atoms with Gasteiger partial charge in [-0.05, 0) is 114 Å². The molecule has 1 heteroatoms. The molecule has 154 valence electrons. The van der Waals surface area contributed by atoms with Gasteiger partial charge in [-0.2, -0.15) is 0 Å². The van der Waals surface area contributed by atoms with Crippen molar-refractivity contribution >= 4 is 11.6 Å². The third-order valence-corrected chi connectivity index (χ3v) is 6.61. The molecule has 0 spiro atoms. The molecule has 0 amide bonds. The standard InChI is InChI=1S/C30H28O/c1-18-13-24-16-25(28-12-11-21(4)31-28)17-27(24)30(22(18)5)26-14-19(2)29(20(3)15-26)23-9-7-6-8-10-23/h6-15,17H,16H2,1-5H3. The molecule has 0 N–H and O–H groups in total. The summed E-state index contributed by atoms with van der Waals surface area (Å²) in [6.07, 6.45) is 3.27. The molecule has 1 aliphatic rings. The van der Waals surface area contributed by atoms with Gasteiger partial charge in [0.15, 0.2) is 0 Å². The number of furan rings is 1. The van der Waals surface area contributed by atoms with E-state index in [1.807, 2.05) is 13.0 Å². The molecule has 0 fully saturated rings. The summed E-state index contributed by atoms with van der Waals surface area (Å²) in [5.41, 5.74) is 14.6. The van der Waals surface area contributed by atoms with Crippen LogP contribution in [0.4, 0.5) is 0 Å². The molecule has 0 atom stereocenters. The molecule has 1 nitrogen and oxygen atoms in total. The van der Waals surface area contributed by atoms with Gasteiger partial charge in [0.1, 0.15) is 11.5 Å². The fourth-order valence-electron chi connectivity index (χ4n) is 5.05. The van der Waals surface area contributed by atoms with Crippen LogP contribution in [0.15, 0.2) is 65.1 Å². The second kappa shape index (κ2) is 7.42. The Bertz CT molecular complexity index is 1310. The molecule has 1 aliphatic carbocycles. The van der Waals surface area contributed by atoms with E-state index in [1.54, 1.807) is 0 Å². The number of fused-ring (bicyclic) bond motifs is 1. The van der Waals surface area contributed by atoms with E-state index in [0.717, 1.165) is 17.9 Å². The molecular weight excluding hydrogens is 376 g/mol. The van der Waals surface area contributed by atoms with Crippen LogP contribution in [-0.4, -0.2) is 0 Å². The Kier molecular flexibility index (Phi) is 4.70.